The zero-order valence-electron chi connectivity index (χ0n) is 14.5. The summed E-state index contributed by atoms with van der Waals surface area (Å²) in [4.78, 5) is 0.189. The minimum absolute atomic E-state index is 0.189. The van der Waals surface area contributed by atoms with E-state index < -0.39 is 10.0 Å². The molecule has 0 radical (unpaired) electrons. The van der Waals surface area contributed by atoms with E-state index in [9.17, 15) is 8.42 Å². The van der Waals surface area contributed by atoms with Gasteiger partial charge in [-0.25, -0.2) is 8.42 Å². The van der Waals surface area contributed by atoms with Crippen LogP contribution >= 0.6 is 0 Å². The van der Waals surface area contributed by atoms with Gasteiger partial charge in [-0.2, -0.15) is 0 Å². The maximum Gasteiger partial charge on any atom is 0.261 e. The Balaban J connectivity index is 1.96. The first-order chi connectivity index (χ1) is 12.5. The molecule has 0 heterocycles. The maximum absolute atomic E-state index is 12.7. The van der Waals surface area contributed by atoms with E-state index in [0.717, 1.165) is 11.1 Å². The van der Waals surface area contributed by atoms with E-state index in [0.29, 0.717) is 17.2 Å². The highest BCUT2D eigenvalue weighted by Crippen LogP contribution is 2.33. The van der Waals surface area contributed by atoms with Crippen LogP contribution in [0.4, 0.5) is 5.69 Å². The number of nitrogens with one attached hydrogen (secondary N) is 1. The Morgan fingerprint density at radius 3 is 2.12 bits per heavy atom. The summed E-state index contributed by atoms with van der Waals surface area (Å²) < 4.78 is 38.4. The molecule has 0 aliphatic heterocycles. The average molecular weight is 369 g/mol. The summed E-state index contributed by atoms with van der Waals surface area (Å²) in [6.45, 7) is 0. The highest BCUT2D eigenvalue weighted by molar-refractivity contribution is 7.92. The fourth-order valence-electron chi connectivity index (χ4n) is 2.58. The van der Waals surface area contributed by atoms with Crippen LogP contribution in [0.1, 0.15) is 0 Å². The lowest BCUT2D eigenvalue weighted by Gasteiger charge is -2.12. The molecular formula is C20H19NO4S. The number of benzene rings is 3. The Bertz CT molecular complexity index is 1000. The van der Waals surface area contributed by atoms with Gasteiger partial charge < -0.3 is 9.47 Å². The van der Waals surface area contributed by atoms with E-state index in [4.69, 9.17) is 9.47 Å². The molecule has 26 heavy (non-hydrogen) atoms. The third-order valence-corrected chi connectivity index (χ3v) is 5.27. The molecule has 0 bridgehead atoms. The Morgan fingerprint density at radius 1 is 0.731 bits per heavy atom. The van der Waals surface area contributed by atoms with Crippen LogP contribution in [0, 0.1) is 0 Å². The average Bonchev–Trinajstić information content (AvgIpc) is 2.68. The first kappa shape index (κ1) is 17.8. The van der Waals surface area contributed by atoms with Crippen LogP contribution in [0.25, 0.3) is 11.1 Å². The summed E-state index contributed by atoms with van der Waals surface area (Å²) in [5.74, 6) is 1.20. The van der Waals surface area contributed by atoms with Crippen LogP contribution in [-0.4, -0.2) is 22.6 Å². The van der Waals surface area contributed by atoms with Gasteiger partial charge in [-0.3, -0.25) is 4.72 Å². The standard InChI is InChI=1S/C20H19NO4S/c1-24-19-12-11-16(14-20(19)25-2)15-7-6-10-18(13-15)26(22,23)21-17-8-4-3-5-9-17/h3-14,21H,1-2H3. The minimum Gasteiger partial charge on any atom is -0.493 e. The fourth-order valence-corrected chi connectivity index (χ4v) is 3.68. The summed E-state index contributed by atoms with van der Waals surface area (Å²) in [6, 6.07) is 21.0. The predicted octanol–water partition coefficient (Wildman–Crippen LogP) is 4.17. The summed E-state index contributed by atoms with van der Waals surface area (Å²) >= 11 is 0. The second kappa shape index (κ2) is 7.49. The van der Waals surface area contributed by atoms with Gasteiger partial charge in [-0.15, -0.1) is 0 Å². The van der Waals surface area contributed by atoms with Crippen molar-refractivity contribution in [2.45, 2.75) is 4.90 Å². The fraction of sp³-hybridized carbons (Fsp3) is 0.100. The zero-order valence-corrected chi connectivity index (χ0v) is 15.3. The van der Waals surface area contributed by atoms with Crippen LogP contribution in [0.15, 0.2) is 77.7 Å². The third-order valence-electron chi connectivity index (χ3n) is 3.89. The number of para-hydroxylation sites is 1. The number of methoxy groups -OCH3 is 2. The number of hydrogen-bond donors (Lipinski definition) is 1. The highest BCUT2D eigenvalue weighted by Gasteiger charge is 2.15. The van der Waals surface area contributed by atoms with E-state index in [-0.39, 0.29) is 4.90 Å². The van der Waals surface area contributed by atoms with Crippen molar-refractivity contribution in [3.63, 3.8) is 0 Å². The van der Waals surface area contributed by atoms with Crippen LogP contribution in [-0.2, 0) is 10.0 Å². The summed E-state index contributed by atoms with van der Waals surface area (Å²) in [5, 5.41) is 0. The summed E-state index contributed by atoms with van der Waals surface area (Å²) in [5.41, 5.74) is 2.12. The molecule has 1 N–H and O–H groups in total. The van der Waals surface area contributed by atoms with Gasteiger partial charge in [0.1, 0.15) is 0 Å². The quantitative estimate of drug-likeness (QED) is 0.708. The topological polar surface area (TPSA) is 64.6 Å². The molecule has 0 aliphatic carbocycles. The van der Waals surface area contributed by atoms with Gasteiger partial charge >= 0.3 is 0 Å². The van der Waals surface area contributed by atoms with Gasteiger partial charge in [0.2, 0.25) is 0 Å². The van der Waals surface area contributed by atoms with Crippen molar-refractivity contribution in [2.75, 3.05) is 18.9 Å². The number of anilines is 1. The summed E-state index contributed by atoms with van der Waals surface area (Å²) in [6.07, 6.45) is 0. The van der Waals surface area contributed by atoms with E-state index in [1.807, 2.05) is 24.3 Å². The number of ether oxygens (including phenoxy) is 2. The van der Waals surface area contributed by atoms with Crippen molar-refractivity contribution in [3.8, 4) is 22.6 Å². The minimum atomic E-state index is -3.68. The van der Waals surface area contributed by atoms with Gasteiger partial charge in [-0.05, 0) is 47.5 Å². The molecule has 3 aromatic carbocycles. The van der Waals surface area contributed by atoms with Crippen molar-refractivity contribution >= 4 is 15.7 Å². The van der Waals surface area contributed by atoms with Gasteiger partial charge in [0.15, 0.2) is 11.5 Å². The number of rotatable bonds is 6. The van der Waals surface area contributed by atoms with Crippen LogP contribution in [0.3, 0.4) is 0 Å². The normalized spacial score (nSPS) is 11.0. The maximum atomic E-state index is 12.7. The molecule has 0 amide bonds. The van der Waals surface area contributed by atoms with Crippen molar-refractivity contribution in [1.82, 2.24) is 0 Å². The Labute approximate surface area is 153 Å². The molecule has 5 nitrogen and oxygen atoms in total. The molecule has 0 atom stereocenters. The lowest BCUT2D eigenvalue weighted by Crippen LogP contribution is -2.12. The van der Waals surface area contributed by atoms with E-state index in [1.165, 1.54) is 0 Å². The molecule has 0 spiro atoms. The van der Waals surface area contributed by atoms with Crippen molar-refractivity contribution in [1.29, 1.82) is 0 Å². The molecule has 134 valence electrons. The Morgan fingerprint density at radius 2 is 1.42 bits per heavy atom. The molecule has 6 heteroatoms. The molecule has 3 rings (SSSR count). The van der Waals surface area contributed by atoms with E-state index >= 15 is 0 Å². The largest absolute Gasteiger partial charge is 0.493 e. The van der Waals surface area contributed by atoms with E-state index in [1.54, 1.807) is 62.8 Å². The Kier molecular flexibility index (Phi) is 5.14. The number of sulfonamides is 1. The second-order valence-electron chi connectivity index (χ2n) is 5.57. The van der Waals surface area contributed by atoms with Crippen LogP contribution in [0.2, 0.25) is 0 Å². The molecule has 3 aromatic rings. The van der Waals surface area contributed by atoms with E-state index in [2.05, 4.69) is 4.72 Å². The lowest BCUT2D eigenvalue weighted by atomic mass is 10.1. The SMILES string of the molecule is COc1ccc(-c2cccc(S(=O)(=O)Nc3ccccc3)c2)cc1OC. The molecular weight excluding hydrogens is 350 g/mol. The summed E-state index contributed by atoms with van der Waals surface area (Å²) in [7, 11) is -0.547. The van der Waals surface area contributed by atoms with Gasteiger partial charge in [0, 0.05) is 5.69 Å². The first-order valence-corrected chi connectivity index (χ1v) is 9.42. The van der Waals surface area contributed by atoms with Crippen molar-refractivity contribution < 1.29 is 17.9 Å². The number of hydrogen-bond acceptors (Lipinski definition) is 4. The smallest absolute Gasteiger partial charge is 0.261 e. The second-order valence-corrected chi connectivity index (χ2v) is 7.25. The van der Waals surface area contributed by atoms with Crippen LogP contribution < -0.4 is 14.2 Å². The predicted molar refractivity (Wildman–Crippen MR) is 102 cm³/mol. The highest BCUT2D eigenvalue weighted by atomic mass is 32.2. The van der Waals surface area contributed by atoms with Gasteiger partial charge in [0.25, 0.3) is 10.0 Å². The molecule has 0 unspecified atom stereocenters. The molecule has 0 aliphatic rings. The van der Waals surface area contributed by atoms with Gasteiger partial charge in [-0.1, -0.05) is 36.4 Å². The third kappa shape index (κ3) is 3.81. The lowest BCUT2D eigenvalue weighted by molar-refractivity contribution is 0.355. The monoisotopic (exact) mass is 369 g/mol. The van der Waals surface area contributed by atoms with Crippen LogP contribution in [0.5, 0.6) is 11.5 Å². The van der Waals surface area contributed by atoms with Gasteiger partial charge in [0.05, 0.1) is 19.1 Å². The molecule has 0 fully saturated rings. The van der Waals surface area contributed by atoms with Crippen molar-refractivity contribution in [3.05, 3.63) is 72.8 Å². The Hall–Kier alpha value is -2.99. The molecule has 0 aromatic heterocycles. The van der Waals surface area contributed by atoms with Crippen molar-refractivity contribution in [2.24, 2.45) is 0 Å². The molecule has 0 saturated heterocycles. The zero-order chi connectivity index (χ0) is 18.6. The first-order valence-electron chi connectivity index (χ1n) is 7.94. The molecule has 0 saturated carbocycles.